The number of aliphatic hydroxyl groups is 2. The molecule has 4 atom stereocenters. The Kier molecular flexibility index (Phi) is 13.2. The van der Waals surface area contributed by atoms with Gasteiger partial charge in [0, 0.05) is 12.3 Å². The van der Waals surface area contributed by atoms with Gasteiger partial charge in [0.1, 0.15) is 6.10 Å². The second kappa shape index (κ2) is 16.5. The zero-order chi connectivity index (χ0) is 35.0. The van der Waals surface area contributed by atoms with Gasteiger partial charge in [-0.25, -0.2) is 0 Å². The molecular formula is C38H54O8SSi. The van der Waals surface area contributed by atoms with Crippen LogP contribution < -0.4 is 10.4 Å². The molecule has 1 saturated heterocycles. The van der Waals surface area contributed by atoms with Gasteiger partial charge in [0.25, 0.3) is 18.4 Å². The van der Waals surface area contributed by atoms with Gasteiger partial charge in [-0.3, -0.25) is 4.18 Å². The Morgan fingerprint density at radius 1 is 0.938 bits per heavy atom. The molecule has 264 valence electrons. The summed E-state index contributed by atoms with van der Waals surface area (Å²) in [5, 5.41) is 24.9. The molecule has 8 nitrogen and oxygen atoms in total. The number of aryl methyl sites for hydroxylation is 1. The van der Waals surface area contributed by atoms with Crippen LogP contribution in [0.5, 0.6) is 0 Å². The van der Waals surface area contributed by atoms with Crippen molar-refractivity contribution in [3.63, 3.8) is 0 Å². The summed E-state index contributed by atoms with van der Waals surface area (Å²) in [5.41, 5.74) is 0.960. The van der Waals surface area contributed by atoms with Gasteiger partial charge in [0.15, 0.2) is 12.1 Å². The lowest BCUT2D eigenvalue weighted by molar-refractivity contribution is -0.351. The van der Waals surface area contributed by atoms with Crippen molar-refractivity contribution in [2.24, 2.45) is 5.92 Å². The predicted octanol–water partition coefficient (Wildman–Crippen LogP) is 6.06. The Bertz CT molecular complexity index is 1470. The van der Waals surface area contributed by atoms with E-state index in [0.717, 1.165) is 5.56 Å². The van der Waals surface area contributed by atoms with Gasteiger partial charge in [-0.15, -0.1) is 0 Å². The highest BCUT2D eigenvalue weighted by Gasteiger charge is 2.51. The molecule has 0 amide bonds. The lowest BCUT2D eigenvalue weighted by atomic mass is 9.96. The van der Waals surface area contributed by atoms with Crippen LogP contribution >= 0.6 is 0 Å². The third-order valence-electron chi connectivity index (χ3n) is 9.10. The number of benzene rings is 3. The van der Waals surface area contributed by atoms with Gasteiger partial charge in [0.2, 0.25) is 0 Å². The van der Waals surface area contributed by atoms with Crippen LogP contribution in [0.15, 0.2) is 89.8 Å². The molecule has 10 heteroatoms. The first-order valence-corrected chi connectivity index (χ1v) is 20.4. The molecule has 4 unspecified atom stereocenters. The lowest BCUT2D eigenvalue weighted by Gasteiger charge is -2.45. The van der Waals surface area contributed by atoms with Gasteiger partial charge in [-0.1, -0.05) is 113 Å². The van der Waals surface area contributed by atoms with Crippen LogP contribution in [-0.4, -0.2) is 64.4 Å². The van der Waals surface area contributed by atoms with Crippen LogP contribution in [0.2, 0.25) is 5.04 Å². The largest absolute Gasteiger partial charge is 0.405 e. The maximum Gasteiger partial charge on any atom is 0.296 e. The summed E-state index contributed by atoms with van der Waals surface area (Å²) in [6.07, 6.45) is 0.262. The standard InChI is InChI=1S/C38H54O8SSi/c1-29(2)36-45-31(28-44-48(37(4,5)6,33-17-9-7-10-18-33)34-19-11-8-12-20-34)16-15-26-38(40,46-36)35(39)21-13-14-27-43-47(41,42)32-24-22-30(3)23-25-32/h7-12,17-20,22-25,29,31,35-36,39-40H,13-16,21,26-28H2,1-6H3. The Morgan fingerprint density at radius 3 is 2.06 bits per heavy atom. The van der Waals surface area contributed by atoms with Crippen molar-refractivity contribution in [3.8, 4) is 0 Å². The Hall–Kier alpha value is -2.41. The minimum atomic E-state index is -3.86. The molecule has 48 heavy (non-hydrogen) atoms. The van der Waals surface area contributed by atoms with Crippen LogP contribution in [0, 0.1) is 12.8 Å². The van der Waals surface area contributed by atoms with E-state index in [1.807, 2.05) is 32.9 Å². The maximum absolute atomic E-state index is 12.5. The molecule has 0 bridgehead atoms. The van der Waals surface area contributed by atoms with Crippen LogP contribution in [0.1, 0.15) is 78.7 Å². The Labute approximate surface area is 288 Å². The normalized spacial score (nSPS) is 21.9. The SMILES string of the molecule is Cc1ccc(S(=O)(=O)OCCCCC(O)C2(O)CCCC(CO[Si](c3ccccc3)(c3ccccc3)C(C)(C)C)OC(C(C)C)O2)cc1. The van der Waals surface area contributed by atoms with E-state index in [1.54, 1.807) is 12.1 Å². The van der Waals surface area contributed by atoms with Gasteiger partial charge >= 0.3 is 0 Å². The summed E-state index contributed by atoms with van der Waals surface area (Å²) in [5.74, 6) is -1.90. The highest BCUT2D eigenvalue weighted by Crippen LogP contribution is 2.38. The van der Waals surface area contributed by atoms with Crippen molar-refractivity contribution >= 4 is 28.8 Å². The van der Waals surface area contributed by atoms with E-state index in [2.05, 4.69) is 69.3 Å². The molecule has 3 aromatic carbocycles. The zero-order valence-corrected chi connectivity index (χ0v) is 31.1. The first-order valence-electron chi connectivity index (χ1n) is 17.1. The molecule has 0 aromatic heterocycles. The van der Waals surface area contributed by atoms with E-state index >= 15 is 0 Å². The van der Waals surface area contributed by atoms with E-state index in [1.165, 1.54) is 22.5 Å². The van der Waals surface area contributed by atoms with Crippen molar-refractivity contribution in [3.05, 3.63) is 90.5 Å². The Balaban J connectivity index is 1.39. The summed E-state index contributed by atoms with van der Waals surface area (Å²) in [6.45, 7) is 12.9. The third kappa shape index (κ3) is 9.42. The number of unbranched alkanes of at least 4 members (excludes halogenated alkanes) is 1. The minimum absolute atomic E-state index is 0.0209. The van der Waals surface area contributed by atoms with Crippen LogP contribution in [0.25, 0.3) is 0 Å². The number of hydrogen-bond donors (Lipinski definition) is 2. The summed E-state index contributed by atoms with van der Waals surface area (Å²) < 4.78 is 50.0. The Morgan fingerprint density at radius 2 is 1.52 bits per heavy atom. The molecule has 0 aliphatic carbocycles. The molecule has 1 aliphatic heterocycles. The fourth-order valence-corrected chi connectivity index (χ4v) is 11.9. The van der Waals surface area contributed by atoms with E-state index in [-0.39, 0.29) is 41.4 Å². The van der Waals surface area contributed by atoms with Crippen molar-refractivity contribution < 1.29 is 36.7 Å². The third-order valence-corrected chi connectivity index (χ3v) is 15.4. The van der Waals surface area contributed by atoms with Gasteiger partial charge in [-0.2, -0.15) is 8.42 Å². The van der Waals surface area contributed by atoms with E-state index < -0.39 is 36.6 Å². The van der Waals surface area contributed by atoms with Crippen LogP contribution in [0.3, 0.4) is 0 Å². The van der Waals surface area contributed by atoms with Crippen molar-refractivity contribution in [1.82, 2.24) is 0 Å². The van der Waals surface area contributed by atoms with E-state index in [0.29, 0.717) is 32.3 Å². The van der Waals surface area contributed by atoms with E-state index in [9.17, 15) is 18.6 Å². The molecule has 0 spiro atoms. The molecule has 0 radical (unpaired) electrons. The van der Waals surface area contributed by atoms with Crippen LogP contribution in [-0.2, 0) is 28.2 Å². The number of rotatable bonds is 14. The first-order chi connectivity index (χ1) is 22.7. The second-order valence-corrected chi connectivity index (χ2v) is 20.2. The minimum Gasteiger partial charge on any atom is -0.405 e. The zero-order valence-electron chi connectivity index (χ0n) is 29.3. The summed E-state index contributed by atoms with van der Waals surface area (Å²) in [4.78, 5) is 0.111. The molecule has 1 heterocycles. The molecule has 3 aromatic rings. The highest BCUT2D eigenvalue weighted by atomic mass is 32.2. The highest BCUT2D eigenvalue weighted by molar-refractivity contribution is 7.86. The molecular weight excluding hydrogens is 645 g/mol. The molecule has 4 rings (SSSR count). The predicted molar refractivity (Wildman–Crippen MR) is 191 cm³/mol. The van der Waals surface area contributed by atoms with Gasteiger partial charge < -0.3 is 24.1 Å². The fourth-order valence-electron chi connectivity index (χ4n) is 6.38. The van der Waals surface area contributed by atoms with Crippen molar-refractivity contribution in [2.75, 3.05) is 13.2 Å². The summed E-state index contributed by atoms with van der Waals surface area (Å²) in [6, 6.07) is 27.5. The van der Waals surface area contributed by atoms with Gasteiger partial charge in [0.05, 0.1) is 24.2 Å². The fraction of sp³-hybridized carbons (Fsp3) is 0.526. The summed E-state index contributed by atoms with van der Waals surface area (Å²) in [7, 11) is -6.63. The number of ether oxygens (including phenoxy) is 2. The monoisotopic (exact) mass is 698 g/mol. The van der Waals surface area contributed by atoms with E-state index in [4.69, 9.17) is 18.1 Å². The first kappa shape index (κ1) is 38.4. The smallest absolute Gasteiger partial charge is 0.296 e. The number of aliphatic hydroxyl groups excluding tert-OH is 1. The molecule has 1 aliphatic rings. The quantitative estimate of drug-likeness (QED) is 0.119. The lowest BCUT2D eigenvalue weighted by Crippen LogP contribution is -2.67. The topological polar surface area (TPSA) is 112 Å². The molecule has 0 saturated carbocycles. The number of hydrogen-bond acceptors (Lipinski definition) is 8. The van der Waals surface area contributed by atoms with Crippen LogP contribution in [0.4, 0.5) is 0 Å². The summed E-state index contributed by atoms with van der Waals surface area (Å²) >= 11 is 0. The average molecular weight is 699 g/mol. The molecule has 1 fully saturated rings. The van der Waals surface area contributed by atoms with Crippen molar-refractivity contribution in [1.29, 1.82) is 0 Å². The molecule has 2 N–H and O–H groups in total. The van der Waals surface area contributed by atoms with Crippen molar-refractivity contribution in [2.45, 2.75) is 114 Å². The second-order valence-electron chi connectivity index (χ2n) is 14.3. The van der Waals surface area contributed by atoms with Gasteiger partial charge in [-0.05, 0) is 66.6 Å². The average Bonchev–Trinajstić information content (AvgIpc) is 3.03. The maximum atomic E-state index is 12.5.